The van der Waals surface area contributed by atoms with Gasteiger partial charge >= 0.3 is 0 Å². The maximum absolute atomic E-state index is 2.52. The van der Waals surface area contributed by atoms with Crippen LogP contribution >= 0.6 is 0 Å². The van der Waals surface area contributed by atoms with Gasteiger partial charge in [0.05, 0.1) is 0 Å². The molecule has 0 spiro atoms. The first-order chi connectivity index (χ1) is 13.8. The van der Waals surface area contributed by atoms with Crippen LogP contribution in [0.5, 0.6) is 0 Å². The molecule has 2 rings (SSSR count). The van der Waals surface area contributed by atoms with E-state index in [4.69, 9.17) is 0 Å². The van der Waals surface area contributed by atoms with E-state index in [2.05, 4.69) is 124 Å². The van der Waals surface area contributed by atoms with Gasteiger partial charge in [-0.15, -0.1) is 0 Å². The Balaban J connectivity index is 2.59. The molecule has 0 aliphatic rings. The van der Waals surface area contributed by atoms with Crippen molar-refractivity contribution in [1.82, 2.24) is 0 Å². The predicted octanol–water partition coefficient (Wildman–Crippen LogP) is 9.26. The third-order valence-electron chi connectivity index (χ3n) is 7.75. The summed E-state index contributed by atoms with van der Waals surface area (Å²) in [6, 6.07) is 20.7. The maximum atomic E-state index is 2.52. The van der Waals surface area contributed by atoms with Crippen LogP contribution in [0.4, 0.5) is 0 Å². The number of benzene rings is 2. The molecule has 2 unspecified atom stereocenters. The van der Waals surface area contributed by atoms with Crippen LogP contribution in [0, 0.1) is 22.2 Å². The minimum atomic E-state index is 0.107. The van der Waals surface area contributed by atoms with Crippen molar-refractivity contribution in [3.05, 3.63) is 71.3 Å². The molecule has 0 heterocycles. The second kappa shape index (κ2) is 9.29. The molecule has 0 radical (unpaired) electrons. The van der Waals surface area contributed by atoms with E-state index in [1.165, 1.54) is 23.1 Å². The Bertz CT molecular complexity index is 769. The summed E-state index contributed by atoms with van der Waals surface area (Å²) < 4.78 is 0. The Morgan fingerprint density at radius 1 is 0.667 bits per heavy atom. The van der Waals surface area contributed by atoms with E-state index in [-0.39, 0.29) is 16.2 Å². The van der Waals surface area contributed by atoms with E-state index < -0.39 is 0 Å². The first-order valence-corrected chi connectivity index (χ1v) is 12.0. The van der Waals surface area contributed by atoms with Crippen molar-refractivity contribution >= 4 is 0 Å². The van der Waals surface area contributed by atoms with Crippen LogP contribution in [0.2, 0.25) is 0 Å². The Morgan fingerprint density at radius 3 is 1.63 bits per heavy atom. The van der Waals surface area contributed by atoms with E-state index in [9.17, 15) is 0 Å². The summed E-state index contributed by atoms with van der Waals surface area (Å²) in [5.41, 5.74) is 4.80. The van der Waals surface area contributed by atoms with Crippen LogP contribution in [0.15, 0.2) is 54.6 Å². The van der Waals surface area contributed by atoms with Gasteiger partial charge in [0, 0.05) is 0 Å². The highest BCUT2D eigenvalue weighted by Gasteiger charge is 2.51. The van der Waals surface area contributed by atoms with Gasteiger partial charge in [0.2, 0.25) is 0 Å². The third kappa shape index (κ3) is 5.19. The molecule has 2 atom stereocenters. The van der Waals surface area contributed by atoms with Gasteiger partial charge in [0.15, 0.2) is 0 Å². The fourth-order valence-corrected chi connectivity index (χ4v) is 5.77. The van der Waals surface area contributed by atoms with E-state index >= 15 is 0 Å². The summed E-state index contributed by atoms with van der Waals surface area (Å²) in [6.45, 7) is 24.3. The molecule has 0 N–H and O–H groups in total. The zero-order valence-corrected chi connectivity index (χ0v) is 21.3. The molecule has 0 fully saturated rings. The fraction of sp³-hybridized carbons (Fsp3) is 0.600. The number of hydrogen-bond donors (Lipinski definition) is 0. The minimum Gasteiger partial charge on any atom is -0.0628 e. The molecule has 0 saturated carbocycles. The fourth-order valence-electron chi connectivity index (χ4n) is 5.77. The SMILES string of the molecule is CCc1ccc(C(CC(C)C)C(C)(C)C(C)(C)C(c2ccccc2)C(C)(C)C)cc1. The Morgan fingerprint density at radius 2 is 1.20 bits per heavy atom. The van der Waals surface area contributed by atoms with Crippen LogP contribution in [-0.2, 0) is 6.42 Å². The molecule has 0 aliphatic heterocycles. The molecule has 0 bridgehead atoms. The lowest BCUT2D eigenvalue weighted by atomic mass is 9.49. The molecule has 0 amide bonds. The van der Waals surface area contributed by atoms with Crippen LogP contribution in [-0.4, -0.2) is 0 Å². The van der Waals surface area contributed by atoms with Crippen LogP contribution in [0.1, 0.15) is 104 Å². The summed E-state index contributed by atoms with van der Waals surface area (Å²) in [4.78, 5) is 0. The minimum absolute atomic E-state index is 0.107. The first-order valence-electron chi connectivity index (χ1n) is 12.0. The van der Waals surface area contributed by atoms with Crippen LogP contribution in [0.3, 0.4) is 0 Å². The van der Waals surface area contributed by atoms with Crippen LogP contribution < -0.4 is 0 Å². The van der Waals surface area contributed by atoms with E-state index in [1.807, 2.05) is 0 Å². The highest BCUT2D eigenvalue weighted by molar-refractivity contribution is 5.30. The summed E-state index contributed by atoms with van der Waals surface area (Å²) in [7, 11) is 0. The van der Waals surface area contributed by atoms with Crippen molar-refractivity contribution in [2.24, 2.45) is 22.2 Å². The van der Waals surface area contributed by atoms with E-state index in [0.29, 0.717) is 17.8 Å². The molecule has 30 heavy (non-hydrogen) atoms. The molecular weight excluding hydrogens is 360 g/mol. The average Bonchev–Trinajstić information content (AvgIpc) is 2.65. The smallest absolute Gasteiger partial charge is 0.00566 e. The summed E-state index contributed by atoms with van der Waals surface area (Å²) in [5, 5.41) is 0. The maximum Gasteiger partial charge on any atom is -0.00566 e. The topological polar surface area (TPSA) is 0 Å². The molecule has 0 aromatic heterocycles. The Hall–Kier alpha value is -1.56. The molecule has 0 heteroatoms. The van der Waals surface area contributed by atoms with Crippen molar-refractivity contribution < 1.29 is 0 Å². The predicted molar refractivity (Wildman–Crippen MR) is 134 cm³/mol. The van der Waals surface area contributed by atoms with Gasteiger partial charge in [-0.3, -0.25) is 0 Å². The third-order valence-corrected chi connectivity index (χ3v) is 7.75. The molecule has 2 aromatic carbocycles. The summed E-state index contributed by atoms with van der Waals surface area (Å²) >= 11 is 0. The lowest BCUT2D eigenvalue weighted by Crippen LogP contribution is -2.46. The van der Waals surface area contributed by atoms with Gasteiger partial charge in [0.1, 0.15) is 0 Å². The molecule has 166 valence electrons. The van der Waals surface area contributed by atoms with Gasteiger partial charge in [-0.05, 0) is 63.5 Å². The number of hydrogen-bond acceptors (Lipinski definition) is 0. The lowest BCUT2D eigenvalue weighted by Gasteiger charge is -2.55. The van der Waals surface area contributed by atoms with Gasteiger partial charge in [-0.2, -0.15) is 0 Å². The zero-order valence-electron chi connectivity index (χ0n) is 21.3. The summed E-state index contributed by atoms with van der Waals surface area (Å²) in [5.74, 6) is 1.65. The lowest BCUT2D eigenvalue weighted by molar-refractivity contribution is 0.000469. The van der Waals surface area contributed by atoms with Crippen molar-refractivity contribution in [3.8, 4) is 0 Å². The van der Waals surface area contributed by atoms with Crippen molar-refractivity contribution in [3.63, 3.8) is 0 Å². The zero-order chi connectivity index (χ0) is 22.7. The van der Waals surface area contributed by atoms with Crippen molar-refractivity contribution in [2.75, 3.05) is 0 Å². The second-order valence-electron chi connectivity index (χ2n) is 11.9. The summed E-state index contributed by atoms with van der Waals surface area (Å²) in [6.07, 6.45) is 2.32. The monoisotopic (exact) mass is 406 g/mol. The van der Waals surface area contributed by atoms with Crippen molar-refractivity contribution in [1.29, 1.82) is 0 Å². The number of aryl methyl sites for hydroxylation is 1. The highest BCUT2D eigenvalue weighted by atomic mass is 14.5. The normalized spacial score (nSPS) is 15.3. The molecule has 2 aromatic rings. The van der Waals surface area contributed by atoms with Gasteiger partial charge in [-0.1, -0.05) is 124 Å². The Kier molecular flexibility index (Phi) is 7.65. The van der Waals surface area contributed by atoms with Crippen LogP contribution in [0.25, 0.3) is 0 Å². The highest BCUT2D eigenvalue weighted by Crippen LogP contribution is 2.61. The Labute approximate surface area is 187 Å². The second-order valence-corrected chi connectivity index (χ2v) is 11.9. The number of rotatable bonds is 8. The van der Waals surface area contributed by atoms with E-state index in [0.717, 1.165) is 6.42 Å². The first kappa shape index (κ1) is 24.7. The van der Waals surface area contributed by atoms with Gasteiger partial charge in [-0.25, -0.2) is 0 Å². The molecule has 0 nitrogen and oxygen atoms in total. The van der Waals surface area contributed by atoms with Gasteiger partial charge < -0.3 is 0 Å². The molecular formula is C30H46. The molecule has 0 saturated heterocycles. The van der Waals surface area contributed by atoms with Crippen molar-refractivity contribution in [2.45, 2.75) is 93.9 Å². The van der Waals surface area contributed by atoms with Gasteiger partial charge in [0.25, 0.3) is 0 Å². The standard InChI is InChI=1S/C30H46/c1-11-23-17-19-24(20-18-23)26(21-22(2)3)29(7,8)30(9,10)27(28(4,5)6)25-15-13-12-14-16-25/h12-20,22,26-27H,11,21H2,1-10H3. The largest absolute Gasteiger partial charge is 0.0628 e. The molecule has 0 aliphatic carbocycles. The van der Waals surface area contributed by atoms with E-state index in [1.54, 1.807) is 0 Å². The quantitative estimate of drug-likeness (QED) is 0.409. The average molecular weight is 407 g/mol.